The fourth-order valence-corrected chi connectivity index (χ4v) is 5.74. The van der Waals surface area contributed by atoms with Gasteiger partial charge in [0.05, 0.1) is 16.0 Å². The molecule has 11 heteroatoms. The summed E-state index contributed by atoms with van der Waals surface area (Å²) in [5, 5.41) is 4.21. The van der Waals surface area contributed by atoms with E-state index in [0.717, 1.165) is 41.5 Å². The van der Waals surface area contributed by atoms with E-state index in [1.807, 2.05) is 19.1 Å². The number of hydrogen-bond acceptors (Lipinski definition) is 8. The predicted molar refractivity (Wildman–Crippen MR) is 124 cm³/mol. The first-order valence-electron chi connectivity index (χ1n) is 9.95. The molecule has 1 aliphatic rings. The van der Waals surface area contributed by atoms with Crippen molar-refractivity contribution >= 4 is 54.7 Å². The summed E-state index contributed by atoms with van der Waals surface area (Å²) in [6.07, 6.45) is 7.44. The standard InChI is InChI=1S/C20H24ClN5O3S2/c1-12-16-18(23-11-24-20(16)30-17(12)21)25-15-5-4-10-22-19(15)29-14-8-6-13(7-9-14)26(2)31(3,27)28/h4-5,10-11,13-14H,6-9H2,1-3H3,(H,23,24,25)/t13-,14-. The number of ether oxygens (including phenoxy) is 1. The van der Waals surface area contributed by atoms with Crippen LogP contribution >= 0.6 is 22.9 Å². The van der Waals surface area contributed by atoms with Gasteiger partial charge in [-0.25, -0.2) is 27.7 Å². The summed E-state index contributed by atoms with van der Waals surface area (Å²) >= 11 is 7.71. The highest BCUT2D eigenvalue weighted by Gasteiger charge is 2.29. The van der Waals surface area contributed by atoms with Gasteiger partial charge in [-0.1, -0.05) is 11.6 Å². The average molecular weight is 482 g/mol. The zero-order valence-corrected chi connectivity index (χ0v) is 19.9. The van der Waals surface area contributed by atoms with Gasteiger partial charge in [0.15, 0.2) is 0 Å². The molecular formula is C20H24ClN5O3S2. The van der Waals surface area contributed by atoms with Crippen LogP contribution in [-0.4, -0.2) is 53.1 Å². The smallest absolute Gasteiger partial charge is 0.238 e. The minimum absolute atomic E-state index is 0.0109. The second-order valence-corrected chi connectivity index (χ2v) is 11.4. The summed E-state index contributed by atoms with van der Waals surface area (Å²) in [6, 6.07) is 3.73. The molecule has 0 unspecified atom stereocenters. The van der Waals surface area contributed by atoms with Crippen molar-refractivity contribution in [1.82, 2.24) is 19.3 Å². The summed E-state index contributed by atoms with van der Waals surface area (Å²) < 4.78 is 32.0. The summed E-state index contributed by atoms with van der Waals surface area (Å²) in [7, 11) is -1.55. The van der Waals surface area contributed by atoms with Gasteiger partial charge in [-0.05, 0) is 50.3 Å². The van der Waals surface area contributed by atoms with E-state index in [4.69, 9.17) is 16.3 Å². The quantitative estimate of drug-likeness (QED) is 0.558. The molecule has 1 fully saturated rings. The minimum atomic E-state index is -3.19. The first-order chi connectivity index (χ1) is 14.7. The number of nitrogens with one attached hydrogen (secondary N) is 1. The number of nitrogens with zero attached hydrogens (tertiary/aromatic N) is 4. The Kier molecular flexibility index (Phi) is 6.34. The Balaban J connectivity index is 1.50. The van der Waals surface area contributed by atoms with Gasteiger partial charge in [-0.15, -0.1) is 11.3 Å². The molecule has 0 bridgehead atoms. The van der Waals surface area contributed by atoms with Crippen molar-refractivity contribution in [3.8, 4) is 5.88 Å². The molecule has 0 spiro atoms. The first kappa shape index (κ1) is 22.2. The average Bonchev–Trinajstić information content (AvgIpc) is 3.03. The third-order valence-electron chi connectivity index (χ3n) is 5.65. The van der Waals surface area contributed by atoms with Crippen molar-refractivity contribution in [2.24, 2.45) is 0 Å². The van der Waals surface area contributed by atoms with Crippen LogP contribution in [-0.2, 0) is 10.0 Å². The van der Waals surface area contributed by atoms with Gasteiger partial charge in [-0.2, -0.15) is 0 Å². The Bertz CT molecular complexity index is 1190. The van der Waals surface area contributed by atoms with Gasteiger partial charge in [0.2, 0.25) is 15.9 Å². The van der Waals surface area contributed by atoms with Crippen molar-refractivity contribution in [2.45, 2.75) is 44.8 Å². The number of hydrogen-bond donors (Lipinski definition) is 1. The van der Waals surface area contributed by atoms with Crippen LogP contribution in [0.2, 0.25) is 4.34 Å². The third-order valence-corrected chi connectivity index (χ3v) is 8.50. The minimum Gasteiger partial charge on any atom is -0.473 e. The summed E-state index contributed by atoms with van der Waals surface area (Å²) in [4.78, 5) is 13.9. The van der Waals surface area contributed by atoms with E-state index in [-0.39, 0.29) is 12.1 Å². The maximum absolute atomic E-state index is 11.8. The van der Waals surface area contributed by atoms with Gasteiger partial charge >= 0.3 is 0 Å². The molecular weight excluding hydrogens is 458 g/mol. The van der Waals surface area contributed by atoms with E-state index in [0.29, 0.717) is 21.7 Å². The second-order valence-electron chi connectivity index (χ2n) is 7.71. The Labute approximate surface area is 190 Å². The molecule has 1 aliphatic carbocycles. The van der Waals surface area contributed by atoms with Crippen LogP contribution in [0.15, 0.2) is 24.7 Å². The third kappa shape index (κ3) is 4.77. The number of fused-ring (bicyclic) bond motifs is 1. The molecule has 31 heavy (non-hydrogen) atoms. The van der Waals surface area contributed by atoms with Gasteiger partial charge < -0.3 is 10.1 Å². The predicted octanol–water partition coefficient (Wildman–Crippen LogP) is 4.37. The first-order valence-corrected chi connectivity index (χ1v) is 13.0. The van der Waals surface area contributed by atoms with Crippen LogP contribution in [0.5, 0.6) is 5.88 Å². The molecule has 1 saturated carbocycles. The summed E-state index contributed by atoms with van der Waals surface area (Å²) in [6.45, 7) is 1.95. The van der Waals surface area contributed by atoms with Crippen molar-refractivity contribution in [1.29, 1.82) is 0 Å². The Morgan fingerprint density at radius 1 is 1.23 bits per heavy atom. The molecule has 1 N–H and O–H groups in total. The second kappa shape index (κ2) is 8.85. The Hall–Kier alpha value is -2.01. The molecule has 3 aromatic rings. The highest BCUT2D eigenvalue weighted by molar-refractivity contribution is 7.88. The topological polar surface area (TPSA) is 97.3 Å². The van der Waals surface area contributed by atoms with Crippen LogP contribution in [0.3, 0.4) is 0 Å². The lowest BCUT2D eigenvalue weighted by Crippen LogP contribution is -2.40. The summed E-state index contributed by atoms with van der Waals surface area (Å²) in [5.41, 5.74) is 1.64. The molecule has 8 nitrogen and oxygen atoms in total. The molecule has 0 radical (unpaired) electrons. The van der Waals surface area contributed by atoms with Crippen molar-refractivity contribution in [3.63, 3.8) is 0 Å². The molecule has 0 aliphatic heterocycles. The molecule has 4 rings (SSSR count). The molecule has 3 heterocycles. The lowest BCUT2D eigenvalue weighted by atomic mass is 9.93. The zero-order valence-electron chi connectivity index (χ0n) is 17.5. The van der Waals surface area contributed by atoms with E-state index in [2.05, 4.69) is 20.3 Å². The lowest BCUT2D eigenvalue weighted by molar-refractivity contribution is 0.121. The van der Waals surface area contributed by atoms with Crippen LogP contribution in [0.1, 0.15) is 31.2 Å². The SMILES string of the molecule is Cc1c(Cl)sc2ncnc(Nc3cccnc3O[C@H]3CC[C@H](N(C)S(C)(=O)=O)CC3)c12. The number of thiophene rings is 1. The lowest BCUT2D eigenvalue weighted by Gasteiger charge is -2.33. The fourth-order valence-electron chi connectivity index (χ4n) is 3.80. The molecule has 0 atom stereocenters. The van der Waals surface area contributed by atoms with Crippen LogP contribution < -0.4 is 10.1 Å². The monoisotopic (exact) mass is 481 g/mol. The van der Waals surface area contributed by atoms with Gasteiger partial charge in [0.1, 0.15) is 28.8 Å². The maximum atomic E-state index is 11.8. The summed E-state index contributed by atoms with van der Waals surface area (Å²) in [5.74, 6) is 1.15. The zero-order chi connectivity index (χ0) is 22.2. The normalized spacial score (nSPS) is 19.6. The van der Waals surface area contributed by atoms with Crippen LogP contribution in [0.25, 0.3) is 10.2 Å². The van der Waals surface area contributed by atoms with Crippen LogP contribution in [0, 0.1) is 6.92 Å². The number of halogens is 1. The molecule has 3 aromatic heterocycles. The number of sulfonamides is 1. The van der Waals surface area contributed by atoms with Gasteiger partial charge in [0, 0.05) is 19.3 Å². The Morgan fingerprint density at radius 3 is 2.68 bits per heavy atom. The molecule has 0 amide bonds. The maximum Gasteiger partial charge on any atom is 0.238 e. The fraction of sp³-hybridized carbons (Fsp3) is 0.450. The van der Waals surface area contributed by atoms with E-state index >= 15 is 0 Å². The highest BCUT2D eigenvalue weighted by Crippen LogP contribution is 2.38. The highest BCUT2D eigenvalue weighted by atomic mass is 35.5. The van der Waals surface area contributed by atoms with Gasteiger partial charge in [-0.3, -0.25) is 0 Å². The molecule has 166 valence electrons. The van der Waals surface area contributed by atoms with E-state index in [1.54, 1.807) is 13.2 Å². The van der Waals surface area contributed by atoms with E-state index < -0.39 is 10.0 Å². The largest absolute Gasteiger partial charge is 0.473 e. The molecule has 0 aromatic carbocycles. The van der Waals surface area contributed by atoms with Crippen LogP contribution in [0.4, 0.5) is 11.5 Å². The Morgan fingerprint density at radius 2 is 1.97 bits per heavy atom. The van der Waals surface area contributed by atoms with Crippen molar-refractivity contribution in [3.05, 3.63) is 34.6 Å². The number of aryl methyl sites for hydroxylation is 1. The molecule has 0 saturated heterocycles. The van der Waals surface area contributed by atoms with E-state index in [1.165, 1.54) is 28.2 Å². The van der Waals surface area contributed by atoms with Gasteiger partial charge in [0.25, 0.3) is 0 Å². The van der Waals surface area contributed by atoms with Crippen molar-refractivity contribution in [2.75, 3.05) is 18.6 Å². The van der Waals surface area contributed by atoms with Crippen molar-refractivity contribution < 1.29 is 13.2 Å². The number of aromatic nitrogens is 3. The van der Waals surface area contributed by atoms with E-state index in [9.17, 15) is 8.42 Å². The number of pyridine rings is 1. The number of rotatable bonds is 6. The number of anilines is 2.